The highest BCUT2D eigenvalue weighted by Gasteiger charge is 2.10. The Hall–Kier alpha value is -2.53. The zero-order chi connectivity index (χ0) is 17.7. The lowest BCUT2D eigenvalue weighted by Crippen LogP contribution is -2.47. The van der Waals surface area contributed by atoms with E-state index < -0.39 is 23.9 Å². The van der Waals surface area contributed by atoms with Gasteiger partial charge >= 0.3 is 0 Å². The molecule has 0 saturated heterocycles. The van der Waals surface area contributed by atoms with E-state index in [9.17, 15) is 29.1 Å². The Morgan fingerprint density at radius 2 is 1.48 bits per heavy atom. The summed E-state index contributed by atoms with van der Waals surface area (Å²) in [4.78, 5) is 54.3. The topological polar surface area (TPSA) is 166 Å². The molecule has 1 unspecified atom stereocenters. The number of hydrogen-bond donors (Lipinski definition) is 6. The molecule has 0 aromatic rings. The third-order valence-electron chi connectivity index (χ3n) is 2.32. The molecular weight excluding hydrogens is 310 g/mol. The lowest BCUT2D eigenvalue weighted by molar-refractivity contribution is -0.126. The fourth-order valence-corrected chi connectivity index (χ4v) is 1.22. The highest BCUT2D eigenvalue weighted by Crippen LogP contribution is 1.76. The summed E-state index contributed by atoms with van der Waals surface area (Å²) in [6, 6.07) is 0. The van der Waals surface area contributed by atoms with Crippen LogP contribution in [0.3, 0.4) is 0 Å². The highest BCUT2D eigenvalue weighted by atomic mass is 16.3. The largest absolute Gasteiger partial charge is 0.377 e. The Balaban J connectivity index is 3.75. The van der Waals surface area contributed by atoms with Crippen LogP contribution in [0.25, 0.3) is 0 Å². The van der Waals surface area contributed by atoms with Crippen molar-refractivity contribution in [2.24, 2.45) is 0 Å². The van der Waals surface area contributed by atoms with Crippen LogP contribution in [-0.4, -0.2) is 74.0 Å². The van der Waals surface area contributed by atoms with Crippen LogP contribution < -0.4 is 26.6 Å². The third kappa shape index (κ3) is 12.9. The second kappa shape index (κ2) is 12.1. The number of nitrogens with one attached hydrogen (secondary N) is 5. The zero-order valence-corrected chi connectivity index (χ0v) is 12.7. The molecule has 11 heteroatoms. The Kier molecular flexibility index (Phi) is 10.7. The van der Waals surface area contributed by atoms with Crippen molar-refractivity contribution in [2.45, 2.75) is 13.2 Å². The maximum absolute atomic E-state index is 11.4. The van der Waals surface area contributed by atoms with Crippen molar-refractivity contribution in [3.05, 3.63) is 0 Å². The summed E-state index contributed by atoms with van der Waals surface area (Å²) in [5.41, 5.74) is 0. The van der Waals surface area contributed by atoms with Gasteiger partial charge in [0.1, 0.15) is 12.5 Å². The number of carbonyl (C=O) groups excluding carboxylic acids is 5. The molecule has 11 nitrogen and oxygen atoms in total. The second-order valence-corrected chi connectivity index (χ2v) is 4.36. The molecule has 0 heterocycles. The molecule has 0 aliphatic rings. The number of hydrogen-bond acceptors (Lipinski definition) is 7. The molecule has 0 aliphatic carbocycles. The second-order valence-electron chi connectivity index (χ2n) is 4.36. The van der Waals surface area contributed by atoms with Gasteiger partial charge < -0.3 is 31.2 Å². The number of amides is 4. The third-order valence-corrected chi connectivity index (χ3v) is 2.32. The maximum atomic E-state index is 11.4. The lowest BCUT2D eigenvalue weighted by atomic mass is 10.4. The van der Waals surface area contributed by atoms with Crippen molar-refractivity contribution in [1.29, 1.82) is 0 Å². The van der Waals surface area contributed by atoms with Crippen LogP contribution in [-0.2, 0) is 24.0 Å². The number of aldehydes is 1. The minimum Gasteiger partial charge on any atom is -0.377 e. The summed E-state index contributed by atoms with van der Waals surface area (Å²) in [5.74, 6) is -1.91. The number of rotatable bonds is 11. The van der Waals surface area contributed by atoms with Gasteiger partial charge in [0.25, 0.3) is 0 Å². The lowest BCUT2D eigenvalue weighted by Gasteiger charge is -2.13. The Morgan fingerprint density at radius 3 is 2.09 bits per heavy atom. The van der Waals surface area contributed by atoms with Gasteiger partial charge in [-0.3, -0.25) is 24.5 Å². The average molecular weight is 331 g/mol. The number of aliphatic hydroxyl groups is 1. The fraction of sp³-hybridized carbons (Fsp3) is 0.583. The zero-order valence-electron chi connectivity index (χ0n) is 12.7. The summed E-state index contributed by atoms with van der Waals surface area (Å²) in [6.45, 7) is 0.191. The molecule has 0 aromatic carbocycles. The first-order chi connectivity index (χ1) is 10.8. The first kappa shape index (κ1) is 20.5. The van der Waals surface area contributed by atoms with Gasteiger partial charge in [-0.05, 0) is 0 Å². The van der Waals surface area contributed by atoms with Crippen molar-refractivity contribution < 1.29 is 29.1 Å². The molecule has 0 spiro atoms. The van der Waals surface area contributed by atoms with E-state index in [0.29, 0.717) is 6.29 Å². The van der Waals surface area contributed by atoms with Crippen molar-refractivity contribution >= 4 is 29.9 Å². The first-order valence-corrected chi connectivity index (χ1v) is 6.74. The molecule has 1 atom stereocenters. The van der Waals surface area contributed by atoms with Crippen LogP contribution >= 0.6 is 0 Å². The highest BCUT2D eigenvalue weighted by molar-refractivity contribution is 5.86. The molecular formula is C12H21N5O6. The quantitative estimate of drug-likeness (QED) is 0.164. The van der Waals surface area contributed by atoms with Gasteiger partial charge in [0.2, 0.25) is 23.6 Å². The van der Waals surface area contributed by atoms with E-state index in [0.717, 1.165) is 0 Å². The SMILES string of the molecule is CC(=O)NCC(=O)NCC(O)NCC(=O)NCC(=O)NCC=O. The first-order valence-electron chi connectivity index (χ1n) is 6.74. The van der Waals surface area contributed by atoms with Crippen molar-refractivity contribution in [2.75, 3.05) is 32.7 Å². The van der Waals surface area contributed by atoms with Gasteiger partial charge in [0.05, 0.1) is 32.7 Å². The number of carbonyl (C=O) groups is 5. The standard InChI is InChI=1S/C12H21N5O6/c1-8(19)14-4-10(21)16-6-12(23)17-7-11(22)15-5-9(20)13-2-3-18/h3,12,17,23H,2,4-7H2,1H3,(H,13,20)(H,14,19)(H,15,22)(H,16,21). The van der Waals surface area contributed by atoms with Gasteiger partial charge in [-0.2, -0.15) is 0 Å². The van der Waals surface area contributed by atoms with Crippen LogP contribution in [0.5, 0.6) is 0 Å². The Morgan fingerprint density at radius 1 is 0.913 bits per heavy atom. The summed E-state index contributed by atoms with van der Waals surface area (Å²) in [5, 5.41) is 21.1. The average Bonchev–Trinajstić information content (AvgIpc) is 2.52. The van der Waals surface area contributed by atoms with Crippen LogP contribution in [0, 0.1) is 0 Å². The molecule has 0 rings (SSSR count). The van der Waals surface area contributed by atoms with Gasteiger partial charge in [-0.1, -0.05) is 0 Å². The van der Waals surface area contributed by atoms with Gasteiger partial charge in [-0.15, -0.1) is 0 Å². The van der Waals surface area contributed by atoms with E-state index in [-0.39, 0.29) is 38.6 Å². The van der Waals surface area contributed by atoms with Crippen molar-refractivity contribution in [3.63, 3.8) is 0 Å². The summed E-state index contributed by atoms with van der Waals surface area (Å²) in [7, 11) is 0. The molecule has 0 aliphatic heterocycles. The van der Waals surface area contributed by atoms with Crippen LogP contribution in [0.1, 0.15) is 6.92 Å². The van der Waals surface area contributed by atoms with E-state index in [1.807, 2.05) is 0 Å². The predicted octanol–water partition coefficient (Wildman–Crippen LogP) is -4.42. The summed E-state index contributed by atoms with van der Waals surface area (Å²) >= 11 is 0. The van der Waals surface area contributed by atoms with Crippen LogP contribution in [0.15, 0.2) is 0 Å². The van der Waals surface area contributed by atoms with Gasteiger partial charge in [0, 0.05) is 6.92 Å². The summed E-state index contributed by atoms with van der Waals surface area (Å²) in [6.07, 6.45) is -0.663. The van der Waals surface area contributed by atoms with E-state index in [1.54, 1.807) is 0 Å². The predicted molar refractivity (Wildman–Crippen MR) is 77.8 cm³/mol. The van der Waals surface area contributed by atoms with Crippen molar-refractivity contribution in [3.8, 4) is 0 Å². The fourth-order valence-electron chi connectivity index (χ4n) is 1.22. The summed E-state index contributed by atoms with van der Waals surface area (Å²) < 4.78 is 0. The molecule has 6 N–H and O–H groups in total. The molecule has 0 bridgehead atoms. The normalized spacial score (nSPS) is 11.0. The molecule has 0 fully saturated rings. The maximum Gasteiger partial charge on any atom is 0.239 e. The molecule has 0 radical (unpaired) electrons. The van der Waals surface area contributed by atoms with Crippen LogP contribution in [0.4, 0.5) is 0 Å². The smallest absolute Gasteiger partial charge is 0.239 e. The van der Waals surface area contributed by atoms with E-state index in [1.165, 1.54) is 6.92 Å². The Labute approximate surface area is 132 Å². The monoisotopic (exact) mass is 331 g/mol. The van der Waals surface area contributed by atoms with Gasteiger partial charge in [-0.25, -0.2) is 0 Å². The van der Waals surface area contributed by atoms with E-state index in [4.69, 9.17) is 0 Å². The van der Waals surface area contributed by atoms with E-state index >= 15 is 0 Å². The van der Waals surface area contributed by atoms with E-state index in [2.05, 4.69) is 26.6 Å². The molecule has 23 heavy (non-hydrogen) atoms. The molecule has 0 aromatic heterocycles. The van der Waals surface area contributed by atoms with Crippen LogP contribution in [0.2, 0.25) is 0 Å². The van der Waals surface area contributed by atoms with Crippen molar-refractivity contribution in [1.82, 2.24) is 26.6 Å². The number of aliphatic hydroxyl groups excluding tert-OH is 1. The molecule has 130 valence electrons. The Bertz CT molecular complexity index is 442. The molecule has 0 saturated carbocycles. The minimum absolute atomic E-state index is 0.135. The molecule has 4 amide bonds. The van der Waals surface area contributed by atoms with Gasteiger partial charge in [0.15, 0.2) is 0 Å². The minimum atomic E-state index is -1.18.